The van der Waals surface area contributed by atoms with Crippen molar-refractivity contribution in [1.29, 1.82) is 0 Å². The van der Waals surface area contributed by atoms with Crippen molar-refractivity contribution in [2.24, 2.45) is 0 Å². The van der Waals surface area contributed by atoms with Crippen LogP contribution in [0.4, 0.5) is 11.4 Å². The number of nitrogens with one attached hydrogen (secondary N) is 1. The van der Waals surface area contributed by atoms with Crippen molar-refractivity contribution in [3.63, 3.8) is 0 Å². The molecule has 0 amide bonds. The Labute approximate surface area is 275 Å². The Kier molecular flexibility index (Phi) is 8.13. The molecule has 6 aromatic rings. The number of hydrogen-bond acceptors (Lipinski definition) is 2. The predicted molar refractivity (Wildman–Crippen MR) is 200 cm³/mol. The van der Waals surface area contributed by atoms with Gasteiger partial charge in [-0.15, -0.1) is 0 Å². The molecule has 0 aliphatic carbocycles. The van der Waals surface area contributed by atoms with E-state index >= 15 is 0 Å². The molecule has 5 aromatic carbocycles. The van der Waals surface area contributed by atoms with E-state index in [2.05, 4.69) is 166 Å². The van der Waals surface area contributed by atoms with Gasteiger partial charge in [0.1, 0.15) is 11.2 Å². The number of para-hydroxylation sites is 1. The minimum atomic E-state index is 0.0785. The van der Waals surface area contributed by atoms with E-state index in [4.69, 9.17) is 4.42 Å². The molecule has 1 N–H and O–H groups in total. The van der Waals surface area contributed by atoms with Gasteiger partial charge in [0.05, 0.1) is 0 Å². The fourth-order valence-electron chi connectivity index (χ4n) is 6.23. The van der Waals surface area contributed by atoms with Gasteiger partial charge in [0, 0.05) is 28.2 Å². The minimum Gasteiger partial charge on any atom is -0.456 e. The lowest BCUT2D eigenvalue weighted by molar-refractivity contribution is 0.569. The highest BCUT2D eigenvalue weighted by Crippen LogP contribution is 2.41. The molecule has 2 heteroatoms. The first kappa shape index (κ1) is 31.7. The van der Waals surface area contributed by atoms with Crippen LogP contribution >= 0.6 is 0 Å². The van der Waals surface area contributed by atoms with Crippen LogP contribution in [0.15, 0.2) is 101 Å². The van der Waals surface area contributed by atoms with Gasteiger partial charge in [-0.2, -0.15) is 0 Å². The van der Waals surface area contributed by atoms with Gasteiger partial charge in [0.2, 0.25) is 0 Å². The average molecular weight is 608 g/mol. The van der Waals surface area contributed by atoms with Crippen LogP contribution in [0.1, 0.15) is 103 Å². The van der Waals surface area contributed by atoms with Gasteiger partial charge >= 0.3 is 0 Å². The van der Waals surface area contributed by atoms with Gasteiger partial charge < -0.3 is 9.73 Å². The Bertz CT molecular complexity index is 1970. The SMILES string of the molecule is CC(C)c1cc(-c2cc(Nc3ccc(-c4cc(C(C)(C)C)cc(C(C)(C)C)c4)cc3)cc3oc4ccccc4c23)cc(C(C)C)c1. The normalized spacial score (nSPS) is 12.5. The minimum absolute atomic E-state index is 0.0785. The lowest BCUT2D eigenvalue weighted by atomic mass is 9.79. The first-order valence-electron chi connectivity index (χ1n) is 16.8. The van der Waals surface area contributed by atoms with E-state index in [1.54, 1.807) is 0 Å². The Morgan fingerprint density at radius 2 is 1.11 bits per heavy atom. The molecule has 0 aliphatic heterocycles. The quantitative estimate of drug-likeness (QED) is 0.204. The first-order valence-corrected chi connectivity index (χ1v) is 16.8. The number of rotatable bonds is 6. The lowest BCUT2D eigenvalue weighted by Gasteiger charge is -2.26. The van der Waals surface area contributed by atoms with Crippen LogP contribution in [0, 0.1) is 0 Å². The summed E-state index contributed by atoms with van der Waals surface area (Å²) in [7, 11) is 0. The summed E-state index contributed by atoms with van der Waals surface area (Å²) in [5.41, 5.74) is 14.4. The van der Waals surface area contributed by atoms with Crippen molar-refractivity contribution in [1.82, 2.24) is 0 Å². The van der Waals surface area contributed by atoms with Crippen molar-refractivity contribution in [2.75, 3.05) is 5.32 Å². The molecule has 1 heterocycles. The van der Waals surface area contributed by atoms with E-state index in [1.807, 2.05) is 6.07 Å². The molecule has 46 heavy (non-hydrogen) atoms. The number of hydrogen-bond donors (Lipinski definition) is 1. The molecule has 2 nitrogen and oxygen atoms in total. The van der Waals surface area contributed by atoms with Crippen molar-refractivity contribution >= 4 is 33.3 Å². The zero-order valence-corrected chi connectivity index (χ0v) is 29.3. The Balaban J connectivity index is 1.43. The maximum absolute atomic E-state index is 6.46. The summed E-state index contributed by atoms with van der Waals surface area (Å²) in [4.78, 5) is 0. The second-order valence-electron chi connectivity index (χ2n) is 15.7. The van der Waals surface area contributed by atoms with Gasteiger partial charge in [0.25, 0.3) is 0 Å². The lowest BCUT2D eigenvalue weighted by Crippen LogP contribution is -2.16. The molecule has 0 fully saturated rings. The van der Waals surface area contributed by atoms with E-state index in [1.165, 1.54) is 49.9 Å². The monoisotopic (exact) mass is 607 g/mol. The van der Waals surface area contributed by atoms with Gasteiger partial charge in [-0.25, -0.2) is 0 Å². The third-order valence-corrected chi connectivity index (χ3v) is 9.27. The highest BCUT2D eigenvalue weighted by Gasteiger charge is 2.21. The molecule has 0 bridgehead atoms. The molecule has 6 rings (SSSR count). The molecule has 0 saturated carbocycles. The van der Waals surface area contributed by atoms with E-state index in [0.29, 0.717) is 11.8 Å². The Morgan fingerprint density at radius 3 is 1.67 bits per heavy atom. The Morgan fingerprint density at radius 1 is 0.522 bits per heavy atom. The van der Waals surface area contributed by atoms with Crippen LogP contribution in [-0.2, 0) is 10.8 Å². The van der Waals surface area contributed by atoms with Crippen molar-refractivity contribution < 1.29 is 4.42 Å². The fourth-order valence-corrected chi connectivity index (χ4v) is 6.23. The van der Waals surface area contributed by atoms with Crippen LogP contribution in [0.3, 0.4) is 0 Å². The van der Waals surface area contributed by atoms with Gasteiger partial charge in [0.15, 0.2) is 0 Å². The Hall–Kier alpha value is -4.30. The molecule has 0 spiro atoms. The zero-order valence-electron chi connectivity index (χ0n) is 29.3. The molecule has 236 valence electrons. The summed E-state index contributed by atoms with van der Waals surface area (Å²) in [5, 5.41) is 6.03. The van der Waals surface area contributed by atoms with E-state index < -0.39 is 0 Å². The average Bonchev–Trinajstić information content (AvgIpc) is 3.38. The van der Waals surface area contributed by atoms with E-state index in [0.717, 1.165) is 27.9 Å². The smallest absolute Gasteiger partial charge is 0.138 e. The van der Waals surface area contributed by atoms with Crippen LogP contribution in [0.2, 0.25) is 0 Å². The summed E-state index contributed by atoms with van der Waals surface area (Å²) in [5.74, 6) is 0.884. The molecule has 0 saturated heterocycles. The molecule has 0 unspecified atom stereocenters. The summed E-state index contributed by atoms with van der Waals surface area (Å²) in [6.07, 6.45) is 0. The van der Waals surface area contributed by atoms with E-state index in [-0.39, 0.29) is 10.8 Å². The molecule has 0 atom stereocenters. The molecular weight excluding hydrogens is 558 g/mol. The molecular formula is C44H49NO. The highest BCUT2D eigenvalue weighted by atomic mass is 16.3. The van der Waals surface area contributed by atoms with Gasteiger partial charge in [-0.3, -0.25) is 0 Å². The number of benzene rings is 5. The highest BCUT2D eigenvalue weighted by molar-refractivity contribution is 6.13. The second kappa shape index (κ2) is 11.8. The van der Waals surface area contributed by atoms with Crippen molar-refractivity contribution in [2.45, 2.75) is 91.9 Å². The molecule has 0 radical (unpaired) electrons. The maximum Gasteiger partial charge on any atom is 0.138 e. The predicted octanol–water partition coefficient (Wildman–Crippen LogP) is 13.5. The molecule has 0 aliphatic rings. The topological polar surface area (TPSA) is 25.2 Å². The number of furan rings is 1. The van der Waals surface area contributed by atoms with Crippen LogP contribution in [0.5, 0.6) is 0 Å². The van der Waals surface area contributed by atoms with Crippen LogP contribution < -0.4 is 5.32 Å². The van der Waals surface area contributed by atoms with Gasteiger partial charge in [-0.1, -0.05) is 136 Å². The van der Waals surface area contributed by atoms with E-state index in [9.17, 15) is 0 Å². The fraction of sp³-hybridized carbons (Fsp3) is 0.318. The summed E-state index contributed by atoms with van der Waals surface area (Å²) in [6.45, 7) is 22.9. The van der Waals surface area contributed by atoms with Crippen LogP contribution in [0.25, 0.3) is 44.2 Å². The van der Waals surface area contributed by atoms with Gasteiger partial charge in [-0.05, 0) is 91.4 Å². The third kappa shape index (κ3) is 6.36. The number of fused-ring (bicyclic) bond motifs is 3. The standard InChI is InChI=1S/C44H49NO/c1-27(2)30-19-31(28(3)4)21-33(20-30)39-25-37(26-41-42(39)38-13-11-12-14-40(38)46-41)45-36-17-15-29(16-18-36)32-22-34(43(5,6)7)24-35(23-32)44(8,9)10/h11-28,45H,1-10H3. The molecule has 1 aromatic heterocycles. The van der Waals surface area contributed by atoms with Crippen molar-refractivity contribution in [3.8, 4) is 22.3 Å². The maximum atomic E-state index is 6.46. The number of anilines is 2. The van der Waals surface area contributed by atoms with Crippen LogP contribution in [-0.4, -0.2) is 0 Å². The summed E-state index contributed by atoms with van der Waals surface area (Å²) < 4.78 is 6.46. The summed E-state index contributed by atoms with van der Waals surface area (Å²) in [6, 6.07) is 35.9. The third-order valence-electron chi connectivity index (χ3n) is 9.27. The first-order chi connectivity index (χ1) is 21.7. The summed E-state index contributed by atoms with van der Waals surface area (Å²) >= 11 is 0. The van der Waals surface area contributed by atoms with Crippen molar-refractivity contribution in [3.05, 3.63) is 119 Å². The second-order valence-corrected chi connectivity index (χ2v) is 15.7. The largest absolute Gasteiger partial charge is 0.456 e. The zero-order chi connectivity index (χ0) is 33.0.